The molecule has 0 bridgehead atoms. The van der Waals surface area contributed by atoms with Crippen LogP contribution in [0.1, 0.15) is 45.5 Å². The molecular weight excluding hydrogens is 557 g/mol. The third-order valence-electron chi connectivity index (χ3n) is 7.41. The Labute approximate surface area is 246 Å². The molecule has 0 aliphatic carbocycles. The first-order valence-electron chi connectivity index (χ1n) is 13.8. The molecule has 0 spiro atoms. The van der Waals surface area contributed by atoms with E-state index in [4.69, 9.17) is 16.2 Å². The van der Waals surface area contributed by atoms with Gasteiger partial charge in [-0.3, -0.25) is 9.59 Å². The molecule has 0 saturated carbocycles. The number of nitrogens with one attached hydrogen (secondary N) is 1. The second-order valence-electron chi connectivity index (χ2n) is 10.3. The normalized spacial score (nSPS) is 15.1. The molecule has 224 valence electrons. The average molecular weight is 590 g/mol. The van der Waals surface area contributed by atoms with Crippen molar-refractivity contribution in [2.45, 2.75) is 32.4 Å². The third kappa shape index (κ3) is 6.47. The Kier molecular flexibility index (Phi) is 8.64. The van der Waals surface area contributed by atoms with Crippen molar-refractivity contribution >= 4 is 23.7 Å². The van der Waals surface area contributed by atoms with E-state index in [1.54, 1.807) is 33.8 Å². The molecule has 4 aromatic rings. The van der Waals surface area contributed by atoms with E-state index in [1.807, 2.05) is 0 Å². The number of methoxy groups -OCH3 is 1. The summed E-state index contributed by atoms with van der Waals surface area (Å²) in [4.78, 5) is 43.5. The van der Waals surface area contributed by atoms with Crippen LogP contribution in [-0.2, 0) is 13.1 Å². The van der Waals surface area contributed by atoms with E-state index in [0.717, 1.165) is 30.9 Å². The van der Waals surface area contributed by atoms with Gasteiger partial charge in [-0.05, 0) is 42.5 Å². The molecule has 5 N–H and O–H groups in total. The number of hydrogen-bond acceptors (Lipinski definition) is 8. The van der Waals surface area contributed by atoms with Gasteiger partial charge in [0.25, 0.3) is 11.8 Å². The van der Waals surface area contributed by atoms with Crippen LogP contribution in [-0.4, -0.2) is 67.5 Å². The highest BCUT2D eigenvalue weighted by molar-refractivity contribution is 6.03. The summed E-state index contributed by atoms with van der Waals surface area (Å²) in [5.41, 5.74) is 14.0. The van der Waals surface area contributed by atoms with Gasteiger partial charge in [0, 0.05) is 31.7 Å². The molecule has 1 unspecified atom stereocenters. The third-order valence-corrected chi connectivity index (χ3v) is 7.41. The van der Waals surface area contributed by atoms with Gasteiger partial charge in [0.15, 0.2) is 0 Å². The van der Waals surface area contributed by atoms with Crippen molar-refractivity contribution in [3.8, 4) is 17.0 Å². The Morgan fingerprint density at radius 2 is 1.93 bits per heavy atom. The van der Waals surface area contributed by atoms with Gasteiger partial charge in [0.2, 0.25) is 0 Å². The summed E-state index contributed by atoms with van der Waals surface area (Å²) >= 11 is 0. The summed E-state index contributed by atoms with van der Waals surface area (Å²) < 4.78 is 21.6. The number of carbonyl (C=O) groups is 3. The van der Waals surface area contributed by atoms with E-state index >= 15 is 0 Å². The molecule has 0 radical (unpaired) electrons. The minimum Gasteiger partial charge on any atom is -0.496 e. The second-order valence-corrected chi connectivity index (χ2v) is 10.3. The highest BCUT2D eigenvalue weighted by atomic mass is 19.1. The predicted octanol–water partition coefficient (Wildman–Crippen LogP) is 2.67. The van der Waals surface area contributed by atoms with Gasteiger partial charge in [-0.15, -0.1) is 0 Å². The molecule has 5 rings (SSSR count). The maximum Gasteiger partial charge on any atom is 0.346 e. The van der Waals surface area contributed by atoms with Crippen LogP contribution in [0.5, 0.6) is 5.75 Å². The number of primary amides is 1. The summed E-state index contributed by atoms with van der Waals surface area (Å²) in [5, 5.41) is 11.4. The first-order valence-corrected chi connectivity index (χ1v) is 13.8. The highest BCUT2D eigenvalue weighted by Crippen LogP contribution is 2.29. The zero-order valence-corrected chi connectivity index (χ0v) is 23.6. The molecule has 43 heavy (non-hydrogen) atoms. The lowest BCUT2D eigenvalue weighted by Gasteiger charge is -2.24. The molecule has 3 amide bonds. The lowest BCUT2D eigenvalue weighted by atomic mass is 10.0. The van der Waals surface area contributed by atoms with Gasteiger partial charge >= 0.3 is 6.03 Å². The Hall–Kier alpha value is -5.27. The van der Waals surface area contributed by atoms with Crippen LogP contribution in [0.4, 0.5) is 15.0 Å². The number of rotatable bonds is 8. The van der Waals surface area contributed by atoms with Crippen molar-refractivity contribution in [3.05, 3.63) is 77.6 Å². The topological polar surface area (TPSA) is 176 Å². The molecule has 2 aromatic heterocycles. The Morgan fingerprint density at radius 1 is 1.14 bits per heavy atom. The van der Waals surface area contributed by atoms with Crippen LogP contribution in [0.2, 0.25) is 0 Å². The number of likely N-dealkylation sites (tertiary alicyclic amines) is 1. The van der Waals surface area contributed by atoms with Crippen LogP contribution in [0.3, 0.4) is 0 Å². The Balaban J connectivity index is 1.30. The first kappa shape index (κ1) is 29.2. The molecule has 1 aliphatic heterocycles. The predicted molar refractivity (Wildman–Crippen MR) is 154 cm³/mol. The van der Waals surface area contributed by atoms with E-state index in [1.165, 1.54) is 36.6 Å². The maximum atomic E-state index is 13.7. The summed E-state index contributed by atoms with van der Waals surface area (Å²) in [6, 6.07) is 10.5. The number of halogens is 1. The van der Waals surface area contributed by atoms with Crippen LogP contribution in [0.15, 0.2) is 55.1 Å². The number of nitrogens with zero attached hydrogens (tertiary/aromatic N) is 6. The monoisotopic (exact) mass is 589 g/mol. The number of carbonyl (C=O) groups excluding carboxylic acids is 3. The number of hydrogen-bond donors (Lipinski definition) is 3. The second kappa shape index (κ2) is 12.7. The molecule has 13 nitrogen and oxygen atoms in total. The average Bonchev–Trinajstić information content (AvgIpc) is 3.58. The van der Waals surface area contributed by atoms with Gasteiger partial charge in [-0.2, -0.15) is 14.9 Å². The number of ether oxygens (including phenoxy) is 1. The van der Waals surface area contributed by atoms with E-state index in [9.17, 15) is 18.8 Å². The van der Waals surface area contributed by atoms with Crippen molar-refractivity contribution in [3.63, 3.8) is 0 Å². The lowest BCUT2D eigenvalue weighted by Crippen LogP contribution is -2.38. The molecule has 3 heterocycles. The quantitative estimate of drug-likeness (QED) is 0.281. The van der Waals surface area contributed by atoms with Crippen LogP contribution >= 0.6 is 0 Å². The number of anilines is 1. The molecule has 1 fully saturated rings. The van der Waals surface area contributed by atoms with Crippen LogP contribution < -0.4 is 21.5 Å². The van der Waals surface area contributed by atoms with Gasteiger partial charge in [-0.1, -0.05) is 30.7 Å². The van der Waals surface area contributed by atoms with Gasteiger partial charge < -0.3 is 26.4 Å². The van der Waals surface area contributed by atoms with E-state index in [-0.39, 0.29) is 41.2 Å². The lowest BCUT2D eigenvalue weighted by molar-refractivity contribution is 0.0946. The van der Waals surface area contributed by atoms with Crippen LogP contribution in [0, 0.1) is 11.7 Å². The van der Waals surface area contributed by atoms with Crippen molar-refractivity contribution in [1.29, 1.82) is 0 Å². The van der Waals surface area contributed by atoms with E-state index < -0.39 is 17.6 Å². The number of aromatic nitrogens is 5. The fourth-order valence-electron chi connectivity index (χ4n) is 5.22. The summed E-state index contributed by atoms with van der Waals surface area (Å²) in [6.07, 6.45) is 5.32. The zero-order valence-electron chi connectivity index (χ0n) is 23.6. The van der Waals surface area contributed by atoms with Crippen molar-refractivity contribution < 1.29 is 23.5 Å². The number of benzene rings is 2. The summed E-state index contributed by atoms with van der Waals surface area (Å²) in [5.74, 6) is -1.28. The Bertz CT molecular complexity index is 1620. The minimum absolute atomic E-state index is 0.0356. The largest absolute Gasteiger partial charge is 0.496 e. The fourth-order valence-corrected chi connectivity index (χ4v) is 5.22. The van der Waals surface area contributed by atoms with Gasteiger partial charge in [0.05, 0.1) is 12.7 Å². The molecular formula is C29H32FN9O4. The smallest absolute Gasteiger partial charge is 0.346 e. The van der Waals surface area contributed by atoms with Crippen molar-refractivity contribution in [1.82, 2.24) is 34.8 Å². The molecule has 1 atom stereocenters. The standard InChI is InChI=1S/C29H32FN9O4/c1-43-23-10-9-21(30)12-22(23)28(41)34-13-18-5-7-20(8-6-18)25-24(27(32)40)26(31)38(36-25)15-19-4-2-3-11-37(14-19)29(42)39-17-33-16-35-39/h5-10,12,16-17,19H,2-4,11,13-15,31H2,1H3,(H2,32,40)(H,34,41). The maximum absolute atomic E-state index is 13.7. The summed E-state index contributed by atoms with van der Waals surface area (Å²) in [6.45, 7) is 1.63. The molecule has 1 aliphatic rings. The molecule has 14 heteroatoms. The van der Waals surface area contributed by atoms with Crippen LogP contribution in [0.25, 0.3) is 11.3 Å². The number of nitrogen functional groups attached to an aromatic ring is 1. The van der Waals surface area contributed by atoms with Gasteiger partial charge in [-0.25, -0.2) is 18.9 Å². The Morgan fingerprint density at radius 3 is 2.63 bits per heavy atom. The van der Waals surface area contributed by atoms with E-state index in [2.05, 4.69) is 20.5 Å². The fraction of sp³-hybridized carbons (Fsp3) is 0.310. The van der Waals surface area contributed by atoms with Gasteiger partial charge in [0.1, 0.15) is 41.3 Å². The first-order chi connectivity index (χ1) is 20.7. The number of amides is 3. The summed E-state index contributed by atoms with van der Waals surface area (Å²) in [7, 11) is 1.41. The SMILES string of the molecule is COc1ccc(F)cc1C(=O)NCc1ccc(-c2nn(CC3CCCCN(C(=O)n4cncn4)C3)c(N)c2C(N)=O)cc1. The minimum atomic E-state index is -0.706. The number of nitrogens with two attached hydrogens (primary N) is 2. The molecule has 2 aromatic carbocycles. The van der Waals surface area contributed by atoms with Crippen molar-refractivity contribution in [2.24, 2.45) is 11.7 Å². The zero-order chi connectivity index (χ0) is 30.5. The van der Waals surface area contributed by atoms with E-state index in [0.29, 0.717) is 30.9 Å². The highest BCUT2D eigenvalue weighted by Gasteiger charge is 2.27. The van der Waals surface area contributed by atoms with Crippen molar-refractivity contribution in [2.75, 3.05) is 25.9 Å². The molecule has 1 saturated heterocycles.